The molecule has 0 spiro atoms. The van der Waals surface area contributed by atoms with Gasteiger partial charge in [-0.25, -0.2) is 0 Å². The van der Waals surface area contributed by atoms with Crippen LogP contribution in [0.2, 0.25) is 10.0 Å². The summed E-state index contributed by atoms with van der Waals surface area (Å²) in [5.74, 6) is 0. The van der Waals surface area contributed by atoms with E-state index in [2.05, 4.69) is 56.2 Å². The highest BCUT2D eigenvalue weighted by Gasteiger charge is 2.11. The van der Waals surface area contributed by atoms with Gasteiger partial charge in [0.15, 0.2) is 0 Å². The SMILES string of the molecule is CC(Cc1ccc(Br)cc1)Nc1c(Cl)cc(Br)cc1Cl. The maximum Gasteiger partial charge on any atom is 0.0721 e. The second kappa shape index (κ2) is 7.17. The molecule has 20 heavy (non-hydrogen) atoms. The number of halogens is 4. The minimum absolute atomic E-state index is 0.229. The molecule has 0 aliphatic carbocycles. The molecule has 0 fully saturated rings. The van der Waals surface area contributed by atoms with Crippen molar-refractivity contribution < 1.29 is 0 Å². The molecule has 2 rings (SSSR count). The zero-order chi connectivity index (χ0) is 14.7. The van der Waals surface area contributed by atoms with Gasteiger partial charge in [-0.3, -0.25) is 0 Å². The van der Waals surface area contributed by atoms with E-state index in [-0.39, 0.29) is 6.04 Å². The monoisotopic (exact) mass is 435 g/mol. The molecule has 5 heteroatoms. The van der Waals surface area contributed by atoms with Gasteiger partial charge in [0.2, 0.25) is 0 Å². The normalized spacial score (nSPS) is 12.2. The average molecular weight is 438 g/mol. The van der Waals surface area contributed by atoms with E-state index in [1.165, 1.54) is 5.56 Å². The number of anilines is 1. The van der Waals surface area contributed by atoms with E-state index >= 15 is 0 Å². The van der Waals surface area contributed by atoms with Crippen molar-refractivity contribution in [3.63, 3.8) is 0 Å². The van der Waals surface area contributed by atoms with Crippen LogP contribution < -0.4 is 5.32 Å². The molecule has 1 nitrogen and oxygen atoms in total. The minimum Gasteiger partial charge on any atom is -0.380 e. The Morgan fingerprint density at radius 3 is 2.10 bits per heavy atom. The van der Waals surface area contributed by atoms with Gasteiger partial charge in [-0.2, -0.15) is 0 Å². The van der Waals surface area contributed by atoms with Crippen LogP contribution in [0, 0.1) is 0 Å². The smallest absolute Gasteiger partial charge is 0.0721 e. The molecule has 1 N–H and O–H groups in total. The van der Waals surface area contributed by atoms with Crippen LogP contribution in [0.1, 0.15) is 12.5 Å². The molecule has 1 unspecified atom stereocenters. The number of hydrogen-bond donors (Lipinski definition) is 1. The first-order chi connectivity index (χ1) is 9.45. The third-order valence-electron chi connectivity index (χ3n) is 2.85. The highest BCUT2D eigenvalue weighted by atomic mass is 79.9. The van der Waals surface area contributed by atoms with Crippen LogP contribution in [-0.2, 0) is 6.42 Å². The molecular weight excluding hydrogens is 425 g/mol. The van der Waals surface area contributed by atoms with Gasteiger partial charge in [0.25, 0.3) is 0 Å². The molecule has 0 saturated carbocycles. The molecule has 0 heterocycles. The van der Waals surface area contributed by atoms with Gasteiger partial charge in [0.1, 0.15) is 0 Å². The van der Waals surface area contributed by atoms with Crippen LogP contribution in [-0.4, -0.2) is 6.04 Å². The fourth-order valence-corrected chi connectivity index (χ4v) is 3.53. The van der Waals surface area contributed by atoms with Crippen LogP contribution in [0.25, 0.3) is 0 Å². The number of nitrogens with one attached hydrogen (secondary N) is 1. The van der Waals surface area contributed by atoms with E-state index in [9.17, 15) is 0 Å². The van der Waals surface area contributed by atoms with E-state index in [0.717, 1.165) is 21.1 Å². The summed E-state index contributed by atoms with van der Waals surface area (Å²) in [4.78, 5) is 0. The molecule has 0 amide bonds. The van der Waals surface area contributed by atoms with Crippen molar-refractivity contribution in [3.8, 4) is 0 Å². The largest absolute Gasteiger partial charge is 0.380 e. The van der Waals surface area contributed by atoms with E-state index in [1.807, 2.05) is 24.3 Å². The zero-order valence-electron chi connectivity index (χ0n) is 10.8. The van der Waals surface area contributed by atoms with Crippen molar-refractivity contribution in [3.05, 3.63) is 61.0 Å². The molecule has 0 aliphatic heterocycles. The third kappa shape index (κ3) is 4.39. The second-order valence-corrected chi connectivity index (χ2v) is 7.27. The fourth-order valence-electron chi connectivity index (χ4n) is 1.95. The van der Waals surface area contributed by atoms with Crippen molar-refractivity contribution in [2.45, 2.75) is 19.4 Å². The Kier molecular flexibility index (Phi) is 5.79. The van der Waals surface area contributed by atoms with Crippen molar-refractivity contribution in [2.75, 3.05) is 5.32 Å². The lowest BCUT2D eigenvalue weighted by Gasteiger charge is -2.18. The lowest BCUT2D eigenvalue weighted by Crippen LogP contribution is -2.18. The van der Waals surface area contributed by atoms with Gasteiger partial charge in [-0.1, -0.05) is 67.2 Å². The highest BCUT2D eigenvalue weighted by molar-refractivity contribution is 9.10. The van der Waals surface area contributed by atoms with Crippen LogP contribution in [0.3, 0.4) is 0 Å². The number of hydrogen-bond acceptors (Lipinski definition) is 1. The molecule has 0 aromatic heterocycles. The Bertz CT molecular complexity index is 576. The Labute approximate surface area is 145 Å². The van der Waals surface area contributed by atoms with Crippen LogP contribution >= 0.6 is 55.1 Å². The second-order valence-electron chi connectivity index (χ2n) is 4.62. The summed E-state index contributed by atoms with van der Waals surface area (Å²) in [5.41, 5.74) is 2.04. The Balaban J connectivity index is 2.08. The topological polar surface area (TPSA) is 12.0 Å². The van der Waals surface area contributed by atoms with Gasteiger partial charge in [-0.05, 0) is 43.2 Å². The van der Waals surface area contributed by atoms with E-state index in [4.69, 9.17) is 23.2 Å². The highest BCUT2D eigenvalue weighted by Crippen LogP contribution is 2.34. The van der Waals surface area contributed by atoms with Gasteiger partial charge >= 0.3 is 0 Å². The molecular formula is C15H13Br2Cl2N. The van der Waals surface area contributed by atoms with Crippen LogP contribution in [0.15, 0.2) is 45.3 Å². The number of benzene rings is 2. The van der Waals surface area contributed by atoms with Gasteiger partial charge in [-0.15, -0.1) is 0 Å². The molecule has 1 atom stereocenters. The molecule has 0 saturated heterocycles. The van der Waals surface area contributed by atoms with Crippen molar-refractivity contribution in [1.29, 1.82) is 0 Å². The summed E-state index contributed by atoms with van der Waals surface area (Å²) in [5, 5.41) is 4.61. The van der Waals surface area contributed by atoms with Gasteiger partial charge < -0.3 is 5.32 Å². The molecule has 2 aromatic carbocycles. The first kappa shape index (κ1) is 16.2. The lowest BCUT2D eigenvalue weighted by molar-refractivity contribution is 0.790. The predicted octanol–water partition coefficient (Wildman–Crippen LogP) is 6.56. The van der Waals surface area contributed by atoms with E-state index < -0.39 is 0 Å². The van der Waals surface area contributed by atoms with Gasteiger partial charge in [0.05, 0.1) is 15.7 Å². The maximum absolute atomic E-state index is 6.22. The van der Waals surface area contributed by atoms with Crippen LogP contribution in [0.5, 0.6) is 0 Å². The van der Waals surface area contributed by atoms with Crippen molar-refractivity contribution >= 4 is 60.7 Å². The fraction of sp³-hybridized carbons (Fsp3) is 0.200. The molecule has 0 radical (unpaired) electrons. The summed E-state index contributed by atoms with van der Waals surface area (Å²) in [6, 6.07) is 12.2. The molecule has 0 bridgehead atoms. The van der Waals surface area contributed by atoms with Gasteiger partial charge in [0, 0.05) is 15.0 Å². The average Bonchev–Trinajstić information content (AvgIpc) is 2.36. The first-order valence-corrected chi connectivity index (χ1v) is 8.45. The third-order valence-corrected chi connectivity index (χ3v) is 4.44. The maximum atomic E-state index is 6.22. The Morgan fingerprint density at radius 2 is 1.55 bits per heavy atom. The standard InChI is InChI=1S/C15H13Br2Cl2N/c1-9(6-10-2-4-11(16)5-3-10)20-15-13(18)7-12(17)8-14(15)19/h2-5,7-9,20H,6H2,1H3. The summed E-state index contributed by atoms with van der Waals surface area (Å²) in [7, 11) is 0. The van der Waals surface area contributed by atoms with E-state index in [0.29, 0.717) is 10.0 Å². The zero-order valence-corrected chi connectivity index (χ0v) is 15.4. The predicted molar refractivity (Wildman–Crippen MR) is 95.1 cm³/mol. The molecule has 2 aromatic rings. The Hall–Kier alpha value is -0.220. The van der Waals surface area contributed by atoms with Crippen LogP contribution in [0.4, 0.5) is 5.69 Å². The minimum atomic E-state index is 0.229. The molecule has 0 aliphatic rings. The lowest BCUT2D eigenvalue weighted by atomic mass is 10.1. The van der Waals surface area contributed by atoms with Crippen molar-refractivity contribution in [2.24, 2.45) is 0 Å². The number of rotatable bonds is 4. The summed E-state index contributed by atoms with van der Waals surface area (Å²) >= 11 is 19.2. The summed E-state index contributed by atoms with van der Waals surface area (Å²) < 4.78 is 1.96. The quantitative estimate of drug-likeness (QED) is 0.571. The first-order valence-electron chi connectivity index (χ1n) is 6.11. The summed E-state index contributed by atoms with van der Waals surface area (Å²) in [6.07, 6.45) is 0.899. The summed E-state index contributed by atoms with van der Waals surface area (Å²) in [6.45, 7) is 2.11. The Morgan fingerprint density at radius 1 is 1.00 bits per heavy atom. The van der Waals surface area contributed by atoms with Crippen molar-refractivity contribution in [1.82, 2.24) is 0 Å². The molecule has 106 valence electrons. The van der Waals surface area contributed by atoms with E-state index in [1.54, 1.807) is 0 Å².